The van der Waals surface area contributed by atoms with Gasteiger partial charge in [0.2, 0.25) is 0 Å². The minimum atomic E-state index is -0.00352. The molecule has 0 spiro atoms. The van der Waals surface area contributed by atoms with Crippen LogP contribution in [0.2, 0.25) is 0 Å². The number of anilines is 2. The van der Waals surface area contributed by atoms with Gasteiger partial charge < -0.3 is 10.6 Å². The smallest absolute Gasteiger partial charge is 0.322 e. The van der Waals surface area contributed by atoms with Crippen molar-refractivity contribution in [3.8, 4) is 17.2 Å². The molecule has 8 heteroatoms. The van der Waals surface area contributed by atoms with E-state index in [1.54, 1.807) is 16.9 Å². The summed E-state index contributed by atoms with van der Waals surface area (Å²) in [4.78, 5) is 19.6. The molecular weight excluding hydrogens is 438 g/mol. The Morgan fingerprint density at radius 3 is 2.43 bits per heavy atom. The van der Waals surface area contributed by atoms with Gasteiger partial charge in [-0.2, -0.15) is 10.4 Å². The molecule has 2 aliphatic rings. The lowest BCUT2D eigenvalue weighted by Crippen LogP contribution is -2.49. The monoisotopic (exact) mass is 469 g/mol. The highest BCUT2D eigenvalue weighted by Gasteiger charge is 2.31. The van der Waals surface area contributed by atoms with Gasteiger partial charge in [0.1, 0.15) is 11.9 Å². The fourth-order valence-corrected chi connectivity index (χ4v) is 4.75. The third-order valence-corrected chi connectivity index (χ3v) is 6.95. The highest BCUT2D eigenvalue weighted by Crippen LogP contribution is 2.32. The lowest BCUT2D eigenvalue weighted by molar-refractivity contribution is 0.240. The van der Waals surface area contributed by atoms with Crippen molar-refractivity contribution in [2.24, 2.45) is 13.0 Å². The number of nitriles is 1. The minimum Gasteiger partial charge on any atom is -0.367 e. The molecule has 0 saturated heterocycles. The molecule has 2 aliphatic carbocycles. The molecule has 2 saturated carbocycles. The van der Waals surface area contributed by atoms with Crippen molar-refractivity contribution in [2.45, 2.75) is 50.6 Å². The maximum atomic E-state index is 13.3. The maximum Gasteiger partial charge on any atom is 0.322 e. The molecule has 35 heavy (non-hydrogen) atoms. The van der Waals surface area contributed by atoms with Gasteiger partial charge in [-0.3, -0.25) is 9.58 Å². The largest absolute Gasteiger partial charge is 0.367 e. The van der Waals surface area contributed by atoms with Gasteiger partial charge >= 0.3 is 6.03 Å². The molecule has 0 aliphatic heterocycles. The summed E-state index contributed by atoms with van der Waals surface area (Å²) in [6, 6.07) is 14.4. The first-order valence-corrected chi connectivity index (χ1v) is 12.4. The van der Waals surface area contributed by atoms with Crippen LogP contribution in [0.4, 0.5) is 16.3 Å². The van der Waals surface area contributed by atoms with Gasteiger partial charge in [-0.15, -0.1) is 0 Å². The number of nitrogens with one attached hydrogen (secondary N) is 2. The number of benzene rings is 1. The predicted octanol–water partition coefficient (Wildman–Crippen LogP) is 4.70. The quantitative estimate of drug-likeness (QED) is 0.522. The fraction of sp³-hybridized carbons (Fsp3) is 0.407. The van der Waals surface area contributed by atoms with Crippen LogP contribution in [0, 0.1) is 17.2 Å². The number of pyridine rings is 1. The molecule has 2 aromatic heterocycles. The molecular formula is C27H31N7O. The zero-order valence-electron chi connectivity index (χ0n) is 20.0. The van der Waals surface area contributed by atoms with E-state index in [1.807, 2.05) is 42.5 Å². The minimum absolute atomic E-state index is 0.00352. The summed E-state index contributed by atoms with van der Waals surface area (Å²) < 4.78 is 1.79. The Bertz CT molecular complexity index is 1180. The normalized spacial score (nSPS) is 19.5. The van der Waals surface area contributed by atoms with E-state index in [2.05, 4.69) is 38.9 Å². The van der Waals surface area contributed by atoms with Gasteiger partial charge in [0.05, 0.1) is 11.8 Å². The van der Waals surface area contributed by atoms with E-state index >= 15 is 0 Å². The molecule has 5 rings (SSSR count). The molecule has 0 bridgehead atoms. The summed E-state index contributed by atoms with van der Waals surface area (Å²) in [7, 11) is 1.91. The zero-order valence-corrected chi connectivity index (χ0v) is 20.0. The van der Waals surface area contributed by atoms with Gasteiger partial charge in [0, 0.05) is 49.3 Å². The van der Waals surface area contributed by atoms with E-state index in [0.29, 0.717) is 17.5 Å². The number of hydrogen-bond acceptors (Lipinski definition) is 5. The molecule has 2 fully saturated rings. The summed E-state index contributed by atoms with van der Waals surface area (Å²) in [6.07, 6.45) is 11.6. The van der Waals surface area contributed by atoms with Crippen molar-refractivity contribution in [2.75, 3.05) is 16.8 Å². The van der Waals surface area contributed by atoms with Crippen LogP contribution in [0.1, 0.15) is 44.1 Å². The van der Waals surface area contributed by atoms with Gasteiger partial charge in [0.15, 0.2) is 0 Å². The number of aromatic nitrogens is 3. The Hall–Kier alpha value is -3.86. The first kappa shape index (κ1) is 22.9. The van der Waals surface area contributed by atoms with E-state index in [0.717, 1.165) is 54.9 Å². The Morgan fingerprint density at radius 1 is 1.06 bits per heavy atom. The van der Waals surface area contributed by atoms with Crippen molar-refractivity contribution in [1.29, 1.82) is 5.26 Å². The highest BCUT2D eigenvalue weighted by atomic mass is 16.2. The number of rotatable bonds is 7. The average Bonchev–Trinajstić information content (AvgIpc) is 3.63. The van der Waals surface area contributed by atoms with Gasteiger partial charge in [-0.25, -0.2) is 9.78 Å². The lowest BCUT2D eigenvalue weighted by Gasteiger charge is -2.37. The number of nitrogens with zero attached hydrogens (tertiary/aromatic N) is 5. The topological polar surface area (TPSA) is 98.9 Å². The molecule has 1 aromatic carbocycles. The Balaban J connectivity index is 1.27. The molecule has 3 aromatic rings. The number of amides is 2. The van der Waals surface area contributed by atoms with Crippen LogP contribution in [-0.2, 0) is 7.05 Å². The molecule has 0 radical (unpaired) electrons. The van der Waals surface area contributed by atoms with Crippen LogP contribution in [0.3, 0.4) is 0 Å². The van der Waals surface area contributed by atoms with Gasteiger partial charge in [0.25, 0.3) is 0 Å². The van der Waals surface area contributed by atoms with Crippen molar-refractivity contribution in [3.63, 3.8) is 0 Å². The van der Waals surface area contributed by atoms with E-state index in [9.17, 15) is 4.79 Å². The highest BCUT2D eigenvalue weighted by molar-refractivity contribution is 5.93. The van der Waals surface area contributed by atoms with Crippen molar-refractivity contribution >= 4 is 17.5 Å². The Morgan fingerprint density at radius 2 is 1.83 bits per heavy atom. The van der Waals surface area contributed by atoms with Gasteiger partial charge in [-0.1, -0.05) is 12.1 Å². The van der Waals surface area contributed by atoms with Crippen LogP contribution in [0.15, 0.2) is 55.0 Å². The van der Waals surface area contributed by atoms with Gasteiger partial charge in [-0.05, 0) is 74.3 Å². The van der Waals surface area contributed by atoms with Crippen LogP contribution < -0.4 is 15.5 Å². The van der Waals surface area contributed by atoms with Crippen LogP contribution >= 0.6 is 0 Å². The summed E-state index contributed by atoms with van der Waals surface area (Å²) in [5, 5.41) is 19.9. The SMILES string of the molecule is Cn1cc(-c2ccc(N(C(=O)NCC3CC3)[C@H]3CC[C@H](Nc4ccc(C#N)cn4)CC3)cc2)cn1. The standard InChI is InChI=1S/C27H31N7O/c1-33-18-22(17-31-33)21-5-9-24(10-6-21)34(27(35)30-15-19-2-3-19)25-11-7-23(8-12-25)32-26-13-4-20(14-28)16-29-26/h4-6,9-10,13,16-19,23,25H,2-3,7-8,11-12,15H2,1H3,(H,29,32)(H,30,35)/t23-,25-. The third-order valence-electron chi connectivity index (χ3n) is 6.95. The number of aryl methyl sites for hydroxylation is 1. The second-order valence-corrected chi connectivity index (χ2v) is 9.64. The van der Waals surface area contributed by atoms with Crippen molar-refractivity contribution in [1.82, 2.24) is 20.1 Å². The maximum absolute atomic E-state index is 13.3. The van der Waals surface area contributed by atoms with Crippen LogP contribution in [0.5, 0.6) is 0 Å². The Kier molecular flexibility index (Phi) is 6.66. The second-order valence-electron chi connectivity index (χ2n) is 9.64. The summed E-state index contributed by atoms with van der Waals surface area (Å²) in [5.41, 5.74) is 3.63. The Labute approximate surface area is 206 Å². The molecule has 0 unspecified atom stereocenters. The number of carbonyl (C=O) groups is 1. The van der Waals surface area contributed by atoms with Crippen LogP contribution in [0.25, 0.3) is 11.1 Å². The number of urea groups is 1. The van der Waals surface area contributed by atoms with Crippen molar-refractivity contribution in [3.05, 3.63) is 60.6 Å². The van der Waals surface area contributed by atoms with E-state index < -0.39 is 0 Å². The summed E-state index contributed by atoms with van der Waals surface area (Å²) >= 11 is 0. The van der Waals surface area contributed by atoms with Crippen molar-refractivity contribution < 1.29 is 4.79 Å². The molecule has 180 valence electrons. The molecule has 2 amide bonds. The first-order chi connectivity index (χ1) is 17.1. The predicted molar refractivity (Wildman–Crippen MR) is 136 cm³/mol. The summed E-state index contributed by atoms with van der Waals surface area (Å²) in [6.45, 7) is 0.754. The first-order valence-electron chi connectivity index (χ1n) is 12.4. The van der Waals surface area contributed by atoms with Crippen LogP contribution in [-0.4, -0.2) is 39.4 Å². The van der Waals surface area contributed by atoms with E-state index in [1.165, 1.54) is 12.8 Å². The third kappa shape index (κ3) is 5.62. The molecule has 2 N–H and O–H groups in total. The summed E-state index contributed by atoms with van der Waals surface area (Å²) in [5.74, 6) is 1.42. The molecule has 8 nitrogen and oxygen atoms in total. The molecule has 0 atom stereocenters. The molecule has 2 heterocycles. The van der Waals surface area contributed by atoms with E-state index in [4.69, 9.17) is 5.26 Å². The second kappa shape index (κ2) is 10.2. The lowest BCUT2D eigenvalue weighted by atomic mass is 9.89. The zero-order chi connectivity index (χ0) is 24.2. The fourth-order valence-electron chi connectivity index (χ4n) is 4.75. The van der Waals surface area contributed by atoms with E-state index in [-0.39, 0.29) is 12.1 Å². The number of carbonyl (C=O) groups excluding carboxylic acids is 1. The average molecular weight is 470 g/mol. The number of hydrogen-bond donors (Lipinski definition) is 2.